The predicted molar refractivity (Wildman–Crippen MR) is 99.7 cm³/mol. The van der Waals surface area contributed by atoms with E-state index in [1.807, 2.05) is 0 Å². The molecule has 0 unspecified atom stereocenters. The molecule has 1 aliphatic carbocycles. The number of ether oxygens (including phenoxy) is 1. The predicted octanol–water partition coefficient (Wildman–Crippen LogP) is 4.43. The van der Waals surface area contributed by atoms with Crippen molar-refractivity contribution >= 4 is 59.6 Å². The average Bonchev–Trinajstić information content (AvgIpc) is 3.10. The molecule has 0 aromatic carbocycles. The largest absolute Gasteiger partial charge is 0.462 e. The molecule has 3 rings (SSSR count). The zero-order valence-corrected chi connectivity index (χ0v) is 17.0. The Morgan fingerprint density at radius 1 is 1.29 bits per heavy atom. The summed E-state index contributed by atoms with van der Waals surface area (Å²) in [6, 6.07) is 3.22. The molecular formula is C15H16BrNO4S3. The Morgan fingerprint density at radius 3 is 2.71 bits per heavy atom. The summed E-state index contributed by atoms with van der Waals surface area (Å²) in [5, 5.41) is 0.366. The monoisotopic (exact) mass is 449 g/mol. The van der Waals surface area contributed by atoms with Crippen LogP contribution in [0.3, 0.4) is 0 Å². The van der Waals surface area contributed by atoms with Gasteiger partial charge in [-0.2, -0.15) is 0 Å². The van der Waals surface area contributed by atoms with Crippen LogP contribution in [0, 0.1) is 0 Å². The van der Waals surface area contributed by atoms with E-state index in [4.69, 9.17) is 4.74 Å². The Balaban J connectivity index is 2.01. The van der Waals surface area contributed by atoms with E-state index in [0.717, 1.165) is 51.2 Å². The number of thiophene rings is 2. The second kappa shape index (κ2) is 7.15. The van der Waals surface area contributed by atoms with Crippen LogP contribution in [0.25, 0.3) is 0 Å². The fraction of sp³-hybridized carbons (Fsp3) is 0.400. The van der Waals surface area contributed by atoms with Gasteiger partial charge in [-0.25, -0.2) is 13.2 Å². The molecule has 2 aromatic heterocycles. The smallest absolute Gasteiger partial charge is 0.341 e. The van der Waals surface area contributed by atoms with Crippen LogP contribution in [0.5, 0.6) is 0 Å². The fourth-order valence-electron chi connectivity index (χ4n) is 2.67. The molecule has 0 radical (unpaired) electrons. The van der Waals surface area contributed by atoms with Gasteiger partial charge in [-0.15, -0.1) is 22.7 Å². The Morgan fingerprint density at radius 2 is 2.04 bits per heavy atom. The number of anilines is 1. The van der Waals surface area contributed by atoms with Gasteiger partial charge in [-0.05, 0) is 66.2 Å². The van der Waals surface area contributed by atoms with Gasteiger partial charge >= 0.3 is 5.97 Å². The first-order valence-corrected chi connectivity index (χ1v) is 11.4. The van der Waals surface area contributed by atoms with Crippen molar-refractivity contribution in [1.82, 2.24) is 0 Å². The Labute approximate surface area is 157 Å². The summed E-state index contributed by atoms with van der Waals surface area (Å²) in [5.41, 5.74) is 1.32. The van der Waals surface area contributed by atoms with E-state index < -0.39 is 16.0 Å². The van der Waals surface area contributed by atoms with Crippen molar-refractivity contribution in [2.24, 2.45) is 0 Å². The summed E-state index contributed by atoms with van der Waals surface area (Å²) < 4.78 is 33.9. The van der Waals surface area contributed by atoms with Crippen molar-refractivity contribution < 1.29 is 17.9 Å². The lowest BCUT2D eigenvalue weighted by Crippen LogP contribution is -2.15. The van der Waals surface area contributed by atoms with Crippen molar-refractivity contribution in [3.8, 4) is 0 Å². The third kappa shape index (κ3) is 3.54. The molecule has 0 bridgehead atoms. The number of hydrogen-bond acceptors (Lipinski definition) is 6. The third-order valence-electron chi connectivity index (χ3n) is 3.69. The molecule has 0 saturated carbocycles. The summed E-state index contributed by atoms with van der Waals surface area (Å²) in [4.78, 5) is 13.4. The van der Waals surface area contributed by atoms with E-state index in [9.17, 15) is 13.2 Å². The topological polar surface area (TPSA) is 72.5 Å². The molecule has 24 heavy (non-hydrogen) atoms. The zero-order chi connectivity index (χ0) is 17.3. The minimum atomic E-state index is -3.72. The summed E-state index contributed by atoms with van der Waals surface area (Å²) in [6.45, 7) is 2.00. The number of hydrogen-bond donors (Lipinski definition) is 1. The molecule has 130 valence electrons. The molecule has 1 aliphatic rings. The van der Waals surface area contributed by atoms with Crippen molar-refractivity contribution in [1.29, 1.82) is 0 Å². The van der Waals surface area contributed by atoms with Crippen molar-refractivity contribution in [2.45, 2.75) is 36.8 Å². The SMILES string of the molecule is CCOC(=O)c1c(NS(=O)(=O)c2ccc(Br)s2)sc2c1CCCC2. The van der Waals surface area contributed by atoms with Gasteiger partial charge < -0.3 is 4.74 Å². The molecule has 0 saturated heterocycles. The lowest BCUT2D eigenvalue weighted by molar-refractivity contribution is 0.0526. The minimum Gasteiger partial charge on any atom is -0.462 e. The van der Waals surface area contributed by atoms with Crippen LogP contribution in [0.4, 0.5) is 5.00 Å². The van der Waals surface area contributed by atoms with Gasteiger partial charge in [-0.1, -0.05) is 0 Å². The Kier molecular flexibility index (Phi) is 5.33. The summed E-state index contributed by atoms with van der Waals surface area (Å²) in [5.74, 6) is -0.457. The molecule has 0 spiro atoms. The van der Waals surface area contributed by atoms with Crippen LogP contribution < -0.4 is 4.72 Å². The molecule has 0 aliphatic heterocycles. The van der Waals surface area contributed by atoms with E-state index in [1.54, 1.807) is 13.0 Å². The quantitative estimate of drug-likeness (QED) is 0.685. The number of halogens is 1. The highest BCUT2D eigenvalue weighted by Crippen LogP contribution is 2.40. The molecule has 0 atom stereocenters. The Bertz CT molecular complexity index is 869. The Hall–Kier alpha value is -0.900. The second-order valence-corrected chi connectivity index (χ2v) is 10.8. The van der Waals surface area contributed by atoms with Gasteiger partial charge in [-0.3, -0.25) is 4.72 Å². The number of nitrogens with one attached hydrogen (secondary N) is 1. The van der Waals surface area contributed by atoms with Gasteiger partial charge in [0.05, 0.1) is 16.0 Å². The third-order valence-corrected chi connectivity index (χ3v) is 8.49. The molecule has 2 aromatic rings. The van der Waals surface area contributed by atoms with Crippen molar-refractivity contribution in [3.63, 3.8) is 0 Å². The first kappa shape index (κ1) is 17.9. The summed E-state index contributed by atoms with van der Waals surface area (Å²) in [6.07, 6.45) is 3.71. The second-order valence-electron chi connectivity index (χ2n) is 5.30. The summed E-state index contributed by atoms with van der Waals surface area (Å²) in [7, 11) is -3.72. The highest BCUT2D eigenvalue weighted by atomic mass is 79.9. The lowest BCUT2D eigenvalue weighted by Gasteiger charge is -2.12. The maximum absolute atomic E-state index is 12.6. The van der Waals surface area contributed by atoms with Gasteiger partial charge in [0.2, 0.25) is 0 Å². The number of sulfonamides is 1. The number of carbonyl (C=O) groups excluding carboxylic acids is 1. The highest BCUT2D eigenvalue weighted by Gasteiger charge is 2.29. The molecule has 2 heterocycles. The van der Waals surface area contributed by atoms with E-state index in [-0.39, 0.29) is 10.8 Å². The van der Waals surface area contributed by atoms with Gasteiger partial charge in [0.1, 0.15) is 9.21 Å². The zero-order valence-electron chi connectivity index (χ0n) is 12.9. The number of aryl methyl sites for hydroxylation is 1. The van der Waals surface area contributed by atoms with Crippen molar-refractivity contribution in [2.75, 3.05) is 11.3 Å². The molecule has 1 N–H and O–H groups in total. The average molecular weight is 450 g/mol. The number of carbonyl (C=O) groups is 1. The van der Waals surface area contributed by atoms with Crippen LogP contribution in [-0.4, -0.2) is 21.0 Å². The van der Waals surface area contributed by atoms with E-state index in [1.165, 1.54) is 17.4 Å². The van der Waals surface area contributed by atoms with E-state index in [2.05, 4.69) is 20.7 Å². The van der Waals surface area contributed by atoms with Crippen LogP contribution in [0.2, 0.25) is 0 Å². The maximum Gasteiger partial charge on any atom is 0.341 e. The number of rotatable bonds is 5. The van der Waals surface area contributed by atoms with Gasteiger partial charge in [0.15, 0.2) is 0 Å². The maximum atomic E-state index is 12.6. The van der Waals surface area contributed by atoms with Gasteiger partial charge in [0, 0.05) is 4.88 Å². The van der Waals surface area contributed by atoms with Crippen LogP contribution >= 0.6 is 38.6 Å². The summed E-state index contributed by atoms with van der Waals surface area (Å²) >= 11 is 5.74. The number of esters is 1. The molecule has 9 heteroatoms. The molecular weight excluding hydrogens is 434 g/mol. The fourth-order valence-corrected chi connectivity index (χ4v) is 7.26. The van der Waals surface area contributed by atoms with Crippen LogP contribution in [0.1, 0.15) is 40.6 Å². The molecule has 0 amide bonds. The lowest BCUT2D eigenvalue weighted by atomic mass is 9.95. The molecule has 5 nitrogen and oxygen atoms in total. The van der Waals surface area contributed by atoms with E-state index in [0.29, 0.717) is 10.6 Å². The highest BCUT2D eigenvalue weighted by molar-refractivity contribution is 9.11. The van der Waals surface area contributed by atoms with E-state index >= 15 is 0 Å². The molecule has 0 fully saturated rings. The van der Waals surface area contributed by atoms with Crippen LogP contribution in [-0.2, 0) is 27.6 Å². The standard InChI is InChI=1S/C15H16BrNO4S3/c1-2-21-15(18)13-9-5-3-4-6-10(9)22-14(13)17-24(19,20)12-8-7-11(16)23-12/h7-8,17H,2-6H2,1H3. The minimum absolute atomic E-state index is 0.204. The van der Waals surface area contributed by atoms with Crippen molar-refractivity contribution in [3.05, 3.63) is 31.9 Å². The number of fused-ring (bicyclic) bond motifs is 1. The first-order chi connectivity index (χ1) is 11.4. The van der Waals surface area contributed by atoms with Gasteiger partial charge in [0.25, 0.3) is 10.0 Å². The normalized spacial score (nSPS) is 14.2. The first-order valence-electron chi connectivity index (χ1n) is 7.52. The van der Waals surface area contributed by atoms with Crippen LogP contribution in [0.15, 0.2) is 20.1 Å².